The number of fused-ring (bicyclic) bond motifs is 1. The molecule has 2 aromatic rings. The highest BCUT2D eigenvalue weighted by molar-refractivity contribution is 7.20. The highest BCUT2D eigenvalue weighted by atomic mass is 35.5. The van der Waals surface area contributed by atoms with Crippen LogP contribution in [0, 0.1) is 0 Å². The van der Waals surface area contributed by atoms with Gasteiger partial charge >= 0.3 is 5.97 Å². The van der Waals surface area contributed by atoms with Crippen LogP contribution >= 0.6 is 22.9 Å². The monoisotopic (exact) mass is 339 g/mol. The van der Waals surface area contributed by atoms with E-state index in [1.54, 1.807) is 6.08 Å². The van der Waals surface area contributed by atoms with Crippen molar-refractivity contribution >= 4 is 51.0 Å². The Morgan fingerprint density at radius 2 is 2.18 bits per heavy atom. The zero-order valence-electron chi connectivity index (χ0n) is 11.7. The van der Waals surface area contributed by atoms with Crippen LogP contribution in [0.2, 0.25) is 5.02 Å². The van der Waals surface area contributed by atoms with Crippen LogP contribution in [0.1, 0.15) is 4.88 Å². The zero-order valence-corrected chi connectivity index (χ0v) is 13.3. The van der Waals surface area contributed by atoms with Gasteiger partial charge in [-0.05, 0) is 12.1 Å². The van der Waals surface area contributed by atoms with E-state index in [-0.39, 0.29) is 0 Å². The summed E-state index contributed by atoms with van der Waals surface area (Å²) in [6, 6.07) is 6.58. The second-order valence-corrected chi connectivity index (χ2v) is 5.84. The number of ether oxygens (including phenoxy) is 1. The van der Waals surface area contributed by atoms with E-state index in [1.165, 1.54) is 24.5 Å². The molecule has 0 fully saturated rings. The fraction of sp³-hybridized carbons (Fsp3) is 0.200. The summed E-state index contributed by atoms with van der Waals surface area (Å²) in [5.74, 6) is -1.22. The number of aliphatic hydroxyl groups excluding tert-OH is 1. The summed E-state index contributed by atoms with van der Waals surface area (Å²) in [4.78, 5) is 23.8. The first-order valence-electron chi connectivity index (χ1n) is 6.41. The van der Waals surface area contributed by atoms with Crippen molar-refractivity contribution in [3.8, 4) is 0 Å². The maximum atomic E-state index is 11.8. The minimum atomic E-state index is -1.08. The van der Waals surface area contributed by atoms with Gasteiger partial charge in [-0.15, -0.1) is 11.3 Å². The smallest absolute Gasteiger partial charge is 0.330 e. The van der Waals surface area contributed by atoms with Gasteiger partial charge in [-0.3, -0.25) is 4.79 Å². The molecule has 0 unspecified atom stereocenters. The van der Waals surface area contributed by atoms with Gasteiger partial charge in [0, 0.05) is 21.0 Å². The van der Waals surface area contributed by atoms with E-state index >= 15 is 0 Å². The molecule has 7 heteroatoms. The number of methoxy groups -OCH3 is 1. The van der Waals surface area contributed by atoms with Crippen molar-refractivity contribution in [2.24, 2.45) is 0 Å². The first kappa shape index (κ1) is 16.5. The molecule has 1 aromatic heterocycles. The molecule has 0 aliphatic rings. The maximum absolute atomic E-state index is 11.8. The van der Waals surface area contributed by atoms with E-state index < -0.39 is 24.5 Å². The van der Waals surface area contributed by atoms with Gasteiger partial charge in [-0.2, -0.15) is 0 Å². The second kappa shape index (κ2) is 7.40. The predicted molar refractivity (Wildman–Crippen MR) is 86.9 cm³/mol. The highest BCUT2D eigenvalue weighted by Gasteiger charge is 2.19. The Bertz CT molecular complexity index is 725. The van der Waals surface area contributed by atoms with E-state index in [0.717, 1.165) is 15.0 Å². The average Bonchev–Trinajstić information content (AvgIpc) is 2.86. The van der Waals surface area contributed by atoms with Crippen LogP contribution in [0.3, 0.4) is 0 Å². The molecule has 22 heavy (non-hydrogen) atoms. The third-order valence-electron chi connectivity index (χ3n) is 2.93. The summed E-state index contributed by atoms with van der Waals surface area (Å²) < 4.78 is 5.49. The largest absolute Gasteiger partial charge is 0.467 e. The van der Waals surface area contributed by atoms with E-state index in [0.29, 0.717) is 5.02 Å². The van der Waals surface area contributed by atoms with Crippen LogP contribution in [-0.2, 0) is 14.3 Å². The van der Waals surface area contributed by atoms with E-state index in [2.05, 4.69) is 10.1 Å². The Hall–Kier alpha value is -1.89. The van der Waals surface area contributed by atoms with Gasteiger partial charge in [0.25, 0.3) is 0 Å². The number of esters is 1. The van der Waals surface area contributed by atoms with Gasteiger partial charge in [0.1, 0.15) is 0 Å². The molecule has 2 rings (SSSR count). The van der Waals surface area contributed by atoms with Crippen molar-refractivity contribution in [3.05, 3.63) is 40.2 Å². The number of carbonyl (C=O) groups is 2. The molecule has 1 atom stereocenters. The fourth-order valence-electron chi connectivity index (χ4n) is 1.83. The first-order valence-corrected chi connectivity index (χ1v) is 7.60. The number of benzene rings is 1. The highest BCUT2D eigenvalue weighted by Crippen LogP contribution is 2.35. The van der Waals surface area contributed by atoms with Crippen molar-refractivity contribution in [3.63, 3.8) is 0 Å². The maximum Gasteiger partial charge on any atom is 0.330 e. The Morgan fingerprint density at radius 3 is 2.82 bits per heavy atom. The van der Waals surface area contributed by atoms with Gasteiger partial charge in [-0.25, -0.2) is 4.79 Å². The molecule has 116 valence electrons. The standard InChI is InChI=1S/C15H14ClNO4S/c1-21-15(20)10(8-18)17-13(19)7-6-12-14(16)9-4-2-3-5-11(9)22-12/h2-7,10,18H,8H2,1H3,(H,17,19)/b7-6+/t10-/m1/s1. The molecule has 0 spiro atoms. The molecular formula is C15H14ClNO4S. The number of aliphatic hydroxyl groups is 1. The number of nitrogens with one attached hydrogen (secondary N) is 1. The molecule has 1 amide bonds. The van der Waals surface area contributed by atoms with E-state index in [4.69, 9.17) is 16.7 Å². The van der Waals surface area contributed by atoms with Gasteiger partial charge in [0.05, 0.1) is 18.7 Å². The average molecular weight is 340 g/mol. The summed E-state index contributed by atoms with van der Waals surface area (Å²) in [6.07, 6.45) is 2.84. The van der Waals surface area contributed by atoms with Crippen LogP contribution in [-0.4, -0.2) is 36.7 Å². The summed E-state index contributed by atoms with van der Waals surface area (Å²) in [5.41, 5.74) is 0. The lowest BCUT2D eigenvalue weighted by Crippen LogP contribution is -2.43. The van der Waals surface area contributed by atoms with Crippen LogP contribution in [0.25, 0.3) is 16.2 Å². The second-order valence-electron chi connectivity index (χ2n) is 4.38. The molecule has 0 bridgehead atoms. The summed E-state index contributed by atoms with van der Waals surface area (Å²) in [5, 5.41) is 12.9. The summed E-state index contributed by atoms with van der Waals surface area (Å²) in [7, 11) is 1.18. The number of thiophene rings is 1. The SMILES string of the molecule is COC(=O)[C@@H](CO)NC(=O)/C=C/c1sc2ccccc2c1Cl. The van der Waals surface area contributed by atoms with Crippen molar-refractivity contribution in [1.29, 1.82) is 0 Å². The van der Waals surface area contributed by atoms with Gasteiger partial charge in [0.2, 0.25) is 5.91 Å². The van der Waals surface area contributed by atoms with Crippen LogP contribution in [0.15, 0.2) is 30.3 Å². The van der Waals surface area contributed by atoms with Crippen LogP contribution in [0.4, 0.5) is 0 Å². The lowest BCUT2D eigenvalue weighted by Gasteiger charge is -2.11. The fourth-order valence-corrected chi connectivity index (χ4v) is 3.23. The number of hydrogen-bond donors (Lipinski definition) is 2. The molecule has 2 N–H and O–H groups in total. The molecule has 0 aliphatic carbocycles. The van der Waals surface area contributed by atoms with Crippen molar-refractivity contribution in [2.75, 3.05) is 13.7 Å². The minimum Gasteiger partial charge on any atom is -0.467 e. The van der Waals surface area contributed by atoms with Crippen molar-refractivity contribution < 1.29 is 19.4 Å². The molecule has 0 saturated heterocycles. The predicted octanol–water partition coefficient (Wildman–Crippen LogP) is 2.22. The van der Waals surface area contributed by atoms with E-state index in [1.807, 2.05) is 24.3 Å². The van der Waals surface area contributed by atoms with Crippen molar-refractivity contribution in [1.82, 2.24) is 5.32 Å². The van der Waals surface area contributed by atoms with Crippen LogP contribution in [0.5, 0.6) is 0 Å². The first-order chi connectivity index (χ1) is 10.6. The Kier molecular flexibility index (Phi) is 5.54. The van der Waals surface area contributed by atoms with Crippen LogP contribution < -0.4 is 5.32 Å². The number of amides is 1. The van der Waals surface area contributed by atoms with Gasteiger partial charge in [-0.1, -0.05) is 29.8 Å². The molecule has 1 aromatic carbocycles. The van der Waals surface area contributed by atoms with Crippen molar-refractivity contribution in [2.45, 2.75) is 6.04 Å². The lowest BCUT2D eigenvalue weighted by molar-refractivity contribution is -0.145. The normalized spacial score (nSPS) is 12.5. The number of halogens is 1. The summed E-state index contributed by atoms with van der Waals surface area (Å²) in [6.45, 7) is -0.532. The quantitative estimate of drug-likeness (QED) is 0.647. The topological polar surface area (TPSA) is 75.6 Å². The molecule has 5 nitrogen and oxygen atoms in total. The molecule has 1 heterocycles. The number of rotatable bonds is 5. The Morgan fingerprint density at radius 1 is 1.45 bits per heavy atom. The van der Waals surface area contributed by atoms with Gasteiger partial charge in [0.15, 0.2) is 6.04 Å². The molecule has 0 radical (unpaired) electrons. The summed E-state index contributed by atoms with van der Waals surface area (Å²) >= 11 is 7.72. The van der Waals surface area contributed by atoms with E-state index in [9.17, 15) is 9.59 Å². The zero-order chi connectivity index (χ0) is 16.1. The minimum absolute atomic E-state index is 0.516. The number of carbonyl (C=O) groups excluding carboxylic acids is 2. The third-order valence-corrected chi connectivity index (χ3v) is 4.59. The molecular weight excluding hydrogens is 326 g/mol. The Balaban J connectivity index is 2.11. The van der Waals surface area contributed by atoms with Gasteiger partial charge < -0.3 is 15.2 Å². The molecule has 0 aliphatic heterocycles. The Labute approximate surface area is 136 Å². The number of hydrogen-bond acceptors (Lipinski definition) is 5. The lowest BCUT2D eigenvalue weighted by atomic mass is 10.2. The molecule has 0 saturated carbocycles. The third kappa shape index (κ3) is 3.65.